The van der Waals surface area contributed by atoms with Gasteiger partial charge in [-0.3, -0.25) is 9.59 Å². The van der Waals surface area contributed by atoms with E-state index in [1.165, 1.54) is 0 Å². The summed E-state index contributed by atoms with van der Waals surface area (Å²) in [5.74, 6) is 0.690. The van der Waals surface area contributed by atoms with Gasteiger partial charge in [-0.05, 0) is 35.7 Å². The Morgan fingerprint density at radius 1 is 1.20 bits per heavy atom. The van der Waals surface area contributed by atoms with Crippen molar-refractivity contribution in [3.63, 3.8) is 0 Å². The maximum absolute atomic E-state index is 12.7. The fourth-order valence-corrected chi connectivity index (χ4v) is 2.90. The van der Waals surface area contributed by atoms with Crippen molar-refractivity contribution in [2.45, 2.75) is 26.2 Å². The number of ether oxygens (including phenoxy) is 1. The molecule has 0 radical (unpaired) electrons. The van der Waals surface area contributed by atoms with Crippen LogP contribution in [0.25, 0.3) is 0 Å². The second kappa shape index (κ2) is 6.97. The number of fused-ring (bicyclic) bond motifs is 1. The highest BCUT2D eigenvalue weighted by Gasteiger charge is 2.21. The maximum Gasteiger partial charge on any atom is 0.255 e. The van der Waals surface area contributed by atoms with E-state index in [1.807, 2.05) is 24.3 Å². The average Bonchev–Trinajstić information content (AvgIpc) is 2.74. The number of nitrogens with zero attached hydrogens (tertiary/aromatic N) is 1. The lowest BCUT2D eigenvalue weighted by molar-refractivity contribution is -0.118. The molecular formula is C20H22N2O3. The first-order chi connectivity index (χ1) is 12.0. The van der Waals surface area contributed by atoms with Gasteiger partial charge < -0.3 is 15.0 Å². The summed E-state index contributed by atoms with van der Waals surface area (Å²) in [4.78, 5) is 26.3. The van der Waals surface area contributed by atoms with Crippen molar-refractivity contribution in [3.8, 4) is 5.75 Å². The first-order valence-electron chi connectivity index (χ1n) is 8.41. The molecule has 5 nitrogen and oxygen atoms in total. The summed E-state index contributed by atoms with van der Waals surface area (Å²) in [5, 5.41) is 2.97. The van der Waals surface area contributed by atoms with Gasteiger partial charge in [0, 0.05) is 18.3 Å². The van der Waals surface area contributed by atoms with E-state index >= 15 is 0 Å². The summed E-state index contributed by atoms with van der Waals surface area (Å²) in [6.45, 7) is 4.53. The van der Waals surface area contributed by atoms with Crippen LogP contribution in [0.15, 0.2) is 42.5 Å². The highest BCUT2D eigenvalue weighted by Crippen LogP contribution is 2.32. The molecule has 0 fully saturated rings. The SMILES string of the molecule is CC(C)c1ccccc1NC(=O)c1ccc2c(c1)N(C)C(=O)CCO2. The molecule has 0 bridgehead atoms. The number of nitrogens with one attached hydrogen (secondary N) is 1. The predicted octanol–water partition coefficient (Wildman–Crippen LogP) is 3.81. The molecule has 130 valence electrons. The zero-order valence-corrected chi connectivity index (χ0v) is 14.7. The van der Waals surface area contributed by atoms with Gasteiger partial charge in [-0.2, -0.15) is 0 Å². The van der Waals surface area contributed by atoms with Crippen molar-refractivity contribution in [2.24, 2.45) is 0 Å². The number of benzene rings is 2. The van der Waals surface area contributed by atoms with E-state index in [0.717, 1.165) is 11.3 Å². The van der Waals surface area contributed by atoms with Crippen molar-refractivity contribution in [1.82, 2.24) is 0 Å². The Labute approximate surface area is 147 Å². The van der Waals surface area contributed by atoms with Crippen LogP contribution in [0, 0.1) is 0 Å². The third-order valence-corrected chi connectivity index (χ3v) is 4.36. The third-order valence-electron chi connectivity index (χ3n) is 4.36. The van der Waals surface area contributed by atoms with Crippen LogP contribution in [0.5, 0.6) is 5.75 Å². The van der Waals surface area contributed by atoms with Crippen molar-refractivity contribution in [3.05, 3.63) is 53.6 Å². The van der Waals surface area contributed by atoms with Crippen LogP contribution in [0.1, 0.15) is 42.1 Å². The van der Waals surface area contributed by atoms with Crippen LogP contribution in [0.2, 0.25) is 0 Å². The number of hydrogen-bond donors (Lipinski definition) is 1. The van der Waals surface area contributed by atoms with Crippen LogP contribution in [0.3, 0.4) is 0 Å². The van der Waals surface area contributed by atoms with Gasteiger partial charge in [0.05, 0.1) is 18.7 Å². The lowest BCUT2D eigenvalue weighted by Gasteiger charge is -2.18. The predicted molar refractivity (Wildman–Crippen MR) is 98.4 cm³/mol. The Bertz CT molecular complexity index is 814. The molecule has 2 aromatic carbocycles. The summed E-state index contributed by atoms with van der Waals surface area (Å²) in [5.41, 5.74) is 2.99. The van der Waals surface area contributed by atoms with Crippen molar-refractivity contribution in [1.29, 1.82) is 0 Å². The molecular weight excluding hydrogens is 316 g/mol. The quantitative estimate of drug-likeness (QED) is 0.926. The standard InChI is InChI=1S/C20H22N2O3/c1-13(2)15-6-4-5-7-16(15)21-20(24)14-8-9-18-17(12-14)22(3)19(23)10-11-25-18/h4-9,12-13H,10-11H2,1-3H3,(H,21,24). The molecule has 0 unspecified atom stereocenters. The van der Waals surface area contributed by atoms with Crippen LogP contribution >= 0.6 is 0 Å². The molecule has 0 aromatic heterocycles. The normalized spacial score (nSPS) is 13.9. The maximum atomic E-state index is 12.7. The van der Waals surface area contributed by atoms with E-state index in [2.05, 4.69) is 19.2 Å². The summed E-state index contributed by atoms with van der Waals surface area (Å²) in [6.07, 6.45) is 0.328. The van der Waals surface area contributed by atoms with Gasteiger partial charge in [0.15, 0.2) is 0 Å². The topological polar surface area (TPSA) is 58.6 Å². The Morgan fingerprint density at radius 3 is 2.72 bits per heavy atom. The van der Waals surface area contributed by atoms with E-state index < -0.39 is 0 Å². The number of carbonyl (C=O) groups is 2. The second-order valence-corrected chi connectivity index (χ2v) is 6.43. The molecule has 1 heterocycles. The molecule has 5 heteroatoms. The van der Waals surface area contributed by atoms with Gasteiger partial charge in [0.1, 0.15) is 5.75 Å². The summed E-state index contributed by atoms with van der Waals surface area (Å²) in [6, 6.07) is 12.9. The first-order valence-corrected chi connectivity index (χ1v) is 8.41. The summed E-state index contributed by atoms with van der Waals surface area (Å²) >= 11 is 0. The zero-order valence-electron chi connectivity index (χ0n) is 14.7. The van der Waals surface area contributed by atoms with Gasteiger partial charge in [-0.1, -0.05) is 32.0 Å². The van der Waals surface area contributed by atoms with Crippen molar-refractivity contribution < 1.29 is 14.3 Å². The highest BCUT2D eigenvalue weighted by molar-refractivity contribution is 6.06. The molecule has 0 atom stereocenters. The number of hydrogen-bond acceptors (Lipinski definition) is 3. The molecule has 3 rings (SSSR count). The van der Waals surface area contributed by atoms with Gasteiger partial charge in [-0.15, -0.1) is 0 Å². The molecule has 0 spiro atoms. The molecule has 0 aliphatic carbocycles. The van der Waals surface area contributed by atoms with Gasteiger partial charge in [0.2, 0.25) is 5.91 Å². The van der Waals surface area contributed by atoms with Crippen molar-refractivity contribution in [2.75, 3.05) is 23.9 Å². The monoisotopic (exact) mass is 338 g/mol. The van der Waals surface area contributed by atoms with Crippen LogP contribution in [-0.2, 0) is 4.79 Å². The molecule has 25 heavy (non-hydrogen) atoms. The second-order valence-electron chi connectivity index (χ2n) is 6.43. The lowest BCUT2D eigenvalue weighted by atomic mass is 10.0. The average molecular weight is 338 g/mol. The Hall–Kier alpha value is -2.82. The molecule has 1 N–H and O–H groups in total. The molecule has 1 aliphatic heterocycles. The summed E-state index contributed by atoms with van der Waals surface area (Å²) < 4.78 is 5.60. The third kappa shape index (κ3) is 3.50. The number of anilines is 2. The molecule has 2 aromatic rings. The molecule has 0 saturated carbocycles. The largest absolute Gasteiger partial charge is 0.491 e. The van der Waals surface area contributed by atoms with E-state index in [4.69, 9.17) is 4.74 Å². The van der Waals surface area contributed by atoms with E-state index in [9.17, 15) is 9.59 Å². The van der Waals surface area contributed by atoms with E-state index in [0.29, 0.717) is 35.9 Å². The number of para-hydroxylation sites is 1. The minimum Gasteiger partial charge on any atom is -0.491 e. The molecule has 0 saturated heterocycles. The smallest absolute Gasteiger partial charge is 0.255 e. The first kappa shape index (κ1) is 17.0. The fraction of sp³-hybridized carbons (Fsp3) is 0.300. The summed E-state index contributed by atoms with van der Waals surface area (Å²) in [7, 11) is 1.70. The minimum absolute atomic E-state index is 0.0264. The fourth-order valence-electron chi connectivity index (χ4n) is 2.90. The molecule has 1 aliphatic rings. The van der Waals surface area contributed by atoms with Crippen LogP contribution < -0.4 is 15.0 Å². The Balaban J connectivity index is 1.89. The van der Waals surface area contributed by atoms with Crippen LogP contribution in [0.4, 0.5) is 11.4 Å². The number of rotatable bonds is 3. The van der Waals surface area contributed by atoms with Gasteiger partial charge in [0.25, 0.3) is 5.91 Å². The lowest BCUT2D eigenvalue weighted by Crippen LogP contribution is -2.25. The van der Waals surface area contributed by atoms with Crippen LogP contribution in [-0.4, -0.2) is 25.5 Å². The Morgan fingerprint density at radius 2 is 1.96 bits per heavy atom. The Kier molecular flexibility index (Phi) is 4.74. The van der Waals surface area contributed by atoms with Crippen molar-refractivity contribution >= 4 is 23.2 Å². The minimum atomic E-state index is -0.207. The number of amides is 2. The van der Waals surface area contributed by atoms with Gasteiger partial charge in [-0.25, -0.2) is 0 Å². The molecule has 2 amide bonds. The highest BCUT2D eigenvalue weighted by atomic mass is 16.5. The van der Waals surface area contributed by atoms with E-state index in [-0.39, 0.29) is 11.8 Å². The zero-order chi connectivity index (χ0) is 18.0. The van der Waals surface area contributed by atoms with E-state index in [1.54, 1.807) is 30.1 Å². The van der Waals surface area contributed by atoms with Gasteiger partial charge >= 0.3 is 0 Å². The number of carbonyl (C=O) groups excluding carboxylic acids is 2.